The fraction of sp³-hybridized carbons (Fsp3) is 0.0833. The maximum atomic E-state index is 5.59. The summed E-state index contributed by atoms with van der Waals surface area (Å²) in [5.41, 5.74) is 7.48. The van der Waals surface area contributed by atoms with E-state index in [2.05, 4.69) is 43.2 Å². The number of nitrogens with two attached hydrogens (primary N) is 1. The standard InChI is InChI=1S/C12H10Br2N2S2/c13-9-5-7(12(15)17)1-3-10(9)16-6-8-2-4-11(14)18-8/h1-5,16H,6H2,(H2,15,17). The van der Waals surface area contributed by atoms with Crippen molar-refractivity contribution in [2.24, 2.45) is 5.73 Å². The molecule has 1 heterocycles. The summed E-state index contributed by atoms with van der Waals surface area (Å²) in [7, 11) is 0. The van der Waals surface area contributed by atoms with Gasteiger partial charge in [-0.2, -0.15) is 0 Å². The summed E-state index contributed by atoms with van der Waals surface area (Å²) in [6.07, 6.45) is 0. The number of thiophene rings is 1. The van der Waals surface area contributed by atoms with Crippen LogP contribution in [0.2, 0.25) is 0 Å². The Bertz CT molecular complexity index is 581. The third kappa shape index (κ3) is 3.54. The van der Waals surface area contributed by atoms with E-state index in [0.717, 1.165) is 26.1 Å². The largest absolute Gasteiger partial charge is 0.389 e. The number of thiocarbonyl (C=S) groups is 1. The van der Waals surface area contributed by atoms with Crippen LogP contribution in [0.25, 0.3) is 0 Å². The van der Waals surface area contributed by atoms with Crippen molar-refractivity contribution in [1.82, 2.24) is 0 Å². The van der Waals surface area contributed by atoms with E-state index in [1.807, 2.05) is 24.3 Å². The lowest BCUT2D eigenvalue weighted by Gasteiger charge is -2.08. The van der Waals surface area contributed by atoms with E-state index >= 15 is 0 Å². The van der Waals surface area contributed by atoms with Gasteiger partial charge in [0.25, 0.3) is 0 Å². The van der Waals surface area contributed by atoms with Gasteiger partial charge in [-0.15, -0.1) is 11.3 Å². The van der Waals surface area contributed by atoms with Crippen LogP contribution >= 0.6 is 55.4 Å². The second-order valence-electron chi connectivity index (χ2n) is 3.62. The summed E-state index contributed by atoms with van der Waals surface area (Å²) in [5.74, 6) is 0. The van der Waals surface area contributed by atoms with E-state index in [0.29, 0.717) is 4.99 Å². The zero-order valence-electron chi connectivity index (χ0n) is 9.24. The highest BCUT2D eigenvalue weighted by Gasteiger charge is 2.04. The summed E-state index contributed by atoms with van der Waals surface area (Å²) < 4.78 is 2.10. The zero-order chi connectivity index (χ0) is 13.1. The van der Waals surface area contributed by atoms with Crippen molar-refractivity contribution in [3.63, 3.8) is 0 Å². The number of anilines is 1. The molecule has 0 bridgehead atoms. The van der Waals surface area contributed by atoms with Crippen LogP contribution < -0.4 is 11.1 Å². The number of rotatable bonds is 4. The van der Waals surface area contributed by atoms with Crippen LogP contribution in [0, 0.1) is 0 Å². The Morgan fingerprint density at radius 1 is 1.28 bits per heavy atom. The smallest absolute Gasteiger partial charge is 0.104 e. The molecule has 0 spiro atoms. The Morgan fingerprint density at radius 2 is 2.06 bits per heavy atom. The van der Waals surface area contributed by atoms with Crippen molar-refractivity contribution in [2.45, 2.75) is 6.54 Å². The van der Waals surface area contributed by atoms with Crippen LogP contribution in [-0.4, -0.2) is 4.99 Å². The Morgan fingerprint density at radius 3 is 2.61 bits per heavy atom. The van der Waals surface area contributed by atoms with Crippen molar-refractivity contribution in [1.29, 1.82) is 0 Å². The molecule has 2 nitrogen and oxygen atoms in total. The van der Waals surface area contributed by atoms with Crippen molar-refractivity contribution in [2.75, 3.05) is 5.32 Å². The third-order valence-electron chi connectivity index (χ3n) is 2.34. The van der Waals surface area contributed by atoms with E-state index in [1.165, 1.54) is 4.88 Å². The molecule has 0 fully saturated rings. The number of hydrogen-bond donors (Lipinski definition) is 2. The Hall–Kier alpha value is -0.430. The summed E-state index contributed by atoms with van der Waals surface area (Å²) in [5, 5.41) is 3.37. The predicted molar refractivity (Wildman–Crippen MR) is 89.4 cm³/mol. The number of halogens is 2. The SMILES string of the molecule is NC(=S)c1ccc(NCc2ccc(Br)s2)c(Br)c1. The lowest BCUT2D eigenvalue weighted by molar-refractivity contribution is 1.19. The van der Waals surface area contributed by atoms with E-state index in [-0.39, 0.29) is 0 Å². The van der Waals surface area contributed by atoms with Crippen molar-refractivity contribution >= 4 is 66.1 Å². The summed E-state index contributed by atoms with van der Waals surface area (Å²) in [6, 6.07) is 9.96. The molecule has 0 aliphatic heterocycles. The molecule has 0 amide bonds. The van der Waals surface area contributed by atoms with E-state index in [4.69, 9.17) is 18.0 Å². The Balaban J connectivity index is 2.08. The molecule has 1 aromatic heterocycles. The van der Waals surface area contributed by atoms with Crippen LogP contribution in [0.4, 0.5) is 5.69 Å². The van der Waals surface area contributed by atoms with Gasteiger partial charge in [0.05, 0.1) is 3.79 Å². The Kier molecular flexibility index (Phi) is 4.77. The minimum absolute atomic E-state index is 0.407. The molecular weight excluding hydrogens is 396 g/mol. The topological polar surface area (TPSA) is 38.0 Å². The van der Waals surface area contributed by atoms with Gasteiger partial charge in [0.15, 0.2) is 0 Å². The van der Waals surface area contributed by atoms with Crippen LogP contribution in [0.15, 0.2) is 38.6 Å². The fourth-order valence-corrected chi connectivity index (χ4v) is 3.51. The fourth-order valence-electron chi connectivity index (χ4n) is 1.44. The van der Waals surface area contributed by atoms with Crippen LogP contribution in [0.5, 0.6) is 0 Å². The number of benzene rings is 1. The number of hydrogen-bond acceptors (Lipinski definition) is 3. The highest BCUT2D eigenvalue weighted by atomic mass is 79.9. The third-order valence-corrected chi connectivity index (χ3v) is 4.85. The molecule has 0 saturated carbocycles. The molecule has 1 aromatic carbocycles. The minimum atomic E-state index is 0.407. The van der Waals surface area contributed by atoms with E-state index in [1.54, 1.807) is 11.3 Å². The molecule has 0 aliphatic rings. The number of nitrogens with one attached hydrogen (secondary N) is 1. The molecule has 0 atom stereocenters. The van der Waals surface area contributed by atoms with Crippen molar-refractivity contribution < 1.29 is 0 Å². The van der Waals surface area contributed by atoms with Gasteiger partial charge >= 0.3 is 0 Å². The lowest BCUT2D eigenvalue weighted by atomic mass is 10.2. The molecule has 18 heavy (non-hydrogen) atoms. The normalized spacial score (nSPS) is 10.3. The maximum Gasteiger partial charge on any atom is 0.104 e. The second kappa shape index (κ2) is 6.14. The van der Waals surface area contributed by atoms with Gasteiger partial charge in [0.2, 0.25) is 0 Å². The minimum Gasteiger partial charge on any atom is -0.389 e. The molecule has 0 radical (unpaired) electrons. The molecule has 2 rings (SSSR count). The lowest BCUT2D eigenvalue weighted by Crippen LogP contribution is -2.09. The van der Waals surface area contributed by atoms with Crippen LogP contribution in [0.3, 0.4) is 0 Å². The molecule has 2 aromatic rings. The highest BCUT2D eigenvalue weighted by Crippen LogP contribution is 2.26. The summed E-state index contributed by atoms with van der Waals surface area (Å²) >= 11 is 13.6. The van der Waals surface area contributed by atoms with Crippen LogP contribution in [0.1, 0.15) is 10.4 Å². The molecule has 0 unspecified atom stereocenters. The molecule has 0 saturated heterocycles. The van der Waals surface area contributed by atoms with Crippen LogP contribution in [-0.2, 0) is 6.54 Å². The summed E-state index contributed by atoms with van der Waals surface area (Å²) in [6.45, 7) is 0.793. The van der Waals surface area contributed by atoms with Gasteiger partial charge < -0.3 is 11.1 Å². The average Bonchev–Trinajstić information content (AvgIpc) is 2.73. The second-order valence-corrected chi connectivity index (χ2v) is 7.46. The quantitative estimate of drug-likeness (QED) is 0.734. The average molecular weight is 406 g/mol. The molecule has 94 valence electrons. The van der Waals surface area contributed by atoms with Gasteiger partial charge in [-0.25, -0.2) is 0 Å². The molecule has 6 heteroatoms. The van der Waals surface area contributed by atoms with Gasteiger partial charge in [0, 0.05) is 27.1 Å². The van der Waals surface area contributed by atoms with Gasteiger partial charge in [-0.3, -0.25) is 0 Å². The first-order valence-electron chi connectivity index (χ1n) is 5.13. The van der Waals surface area contributed by atoms with Gasteiger partial charge in [-0.1, -0.05) is 12.2 Å². The summed E-state index contributed by atoms with van der Waals surface area (Å²) in [4.78, 5) is 1.68. The first kappa shape index (κ1) is 14.0. The maximum absolute atomic E-state index is 5.59. The highest BCUT2D eigenvalue weighted by molar-refractivity contribution is 9.11. The van der Waals surface area contributed by atoms with E-state index in [9.17, 15) is 0 Å². The zero-order valence-corrected chi connectivity index (χ0v) is 14.0. The first-order valence-corrected chi connectivity index (χ1v) is 7.95. The van der Waals surface area contributed by atoms with Crippen molar-refractivity contribution in [3.05, 3.63) is 49.0 Å². The van der Waals surface area contributed by atoms with Crippen molar-refractivity contribution in [3.8, 4) is 0 Å². The molecular formula is C12H10Br2N2S2. The van der Waals surface area contributed by atoms with E-state index < -0.39 is 0 Å². The van der Waals surface area contributed by atoms with Gasteiger partial charge in [-0.05, 0) is 62.2 Å². The Labute approximate surface area is 132 Å². The molecule has 3 N–H and O–H groups in total. The molecule has 0 aliphatic carbocycles. The van der Waals surface area contributed by atoms with Gasteiger partial charge in [0.1, 0.15) is 4.99 Å². The first-order chi connectivity index (χ1) is 8.56. The predicted octanol–water partition coefficient (Wildman–Crippen LogP) is 4.52. The monoisotopic (exact) mass is 404 g/mol.